The van der Waals surface area contributed by atoms with Gasteiger partial charge in [-0.25, -0.2) is 0 Å². The van der Waals surface area contributed by atoms with Crippen molar-refractivity contribution in [2.24, 2.45) is 0 Å². The van der Waals surface area contributed by atoms with Gasteiger partial charge in [-0.3, -0.25) is 14.9 Å². The largest absolute Gasteiger partial charge is 0.326 e. The summed E-state index contributed by atoms with van der Waals surface area (Å²) >= 11 is 0. The maximum atomic E-state index is 10.9. The third-order valence-corrected chi connectivity index (χ3v) is 2.36. The van der Waals surface area contributed by atoms with Crippen LogP contribution in [-0.2, 0) is 4.79 Å². The van der Waals surface area contributed by atoms with Crippen LogP contribution in [0.4, 0.5) is 11.4 Å². The van der Waals surface area contributed by atoms with Crippen LogP contribution in [0.15, 0.2) is 36.4 Å². The van der Waals surface area contributed by atoms with Gasteiger partial charge in [0.15, 0.2) is 0 Å². The number of rotatable bonds is 2. The fourth-order valence-corrected chi connectivity index (χ4v) is 1.63. The van der Waals surface area contributed by atoms with Crippen LogP contribution in [0, 0.1) is 10.1 Å². The van der Waals surface area contributed by atoms with Gasteiger partial charge >= 0.3 is 0 Å². The molecule has 0 radical (unpaired) electrons. The highest BCUT2D eigenvalue weighted by molar-refractivity contribution is 5.93. The SMILES string of the molecule is CC(=O)Nc1ccc2cc([N+](=O)[O-])ccc2c1. The van der Waals surface area contributed by atoms with Gasteiger partial charge < -0.3 is 5.32 Å². The molecule has 2 aromatic carbocycles. The van der Waals surface area contributed by atoms with Gasteiger partial charge in [0.2, 0.25) is 5.91 Å². The molecule has 0 heterocycles. The van der Waals surface area contributed by atoms with Gasteiger partial charge in [0.05, 0.1) is 4.92 Å². The molecule has 5 nitrogen and oxygen atoms in total. The molecule has 0 atom stereocenters. The first-order chi connectivity index (χ1) is 8.06. The Kier molecular flexibility index (Phi) is 2.74. The molecule has 0 aromatic heterocycles. The molecule has 1 N–H and O–H groups in total. The smallest absolute Gasteiger partial charge is 0.270 e. The van der Waals surface area contributed by atoms with Crippen LogP contribution < -0.4 is 5.32 Å². The van der Waals surface area contributed by atoms with Crippen LogP contribution in [0.5, 0.6) is 0 Å². The molecule has 0 saturated heterocycles. The molecule has 5 heteroatoms. The highest BCUT2D eigenvalue weighted by atomic mass is 16.6. The van der Waals surface area contributed by atoms with E-state index in [4.69, 9.17) is 0 Å². The van der Waals surface area contributed by atoms with E-state index in [1.807, 2.05) is 0 Å². The summed E-state index contributed by atoms with van der Waals surface area (Å²) in [5, 5.41) is 14.9. The second-order valence-electron chi connectivity index (χ2n) is 3.68. The third kappa shape index (κ3) is 2.39. The number of nitro groups is 1. The highest BCUT2D eigenvalue weighted by Crippen LogP contribution is 2.23. The lowest BCUT2D eigenvalue weighted by atomic mass is 10.1. The number of hydrogen-bond acceptors (Lipinski definition) is 3. The Morgan fingerprint density at radius 1 is 1.18 bits per heavy atom. The van der Waals surface area contributed by atoms with Crippen molar-refractivity contribution in [2.75, 3.05) is 5.32 Å². The summed E-state index contributed by atoms with van der Waals surface area (Å²) in [5.74, 6) is -0.147. The quantitative estimate of drug-likeness (QED) is 0.636. The molecule has 0 aliphatic carbocycles. The van der Waals surface area contributed by atoms with E-state index in [1.165, 1.54) is 19.1 Å². The van der Waals surface area contributed by atoms with Gasteiger partial charge in [-0.15, -0.1) is 0 Å². The molecule has 86 valence electrons. The lowest BCUT2D eigenvalue weighted by molar-refractivity contribution is -0.384. The van der Waals surface area contributed by atoms with Crippen LogP contribution in [0.2, 0.25) is 0 Å². The lowest BCUT2D eigenvalue weighted by Crippen LogP contribution is -2.05. The minimum atomic E-state index is -0.429. The molecule has 2 rings (SSSR count). The Balaban J connectivity index is 2.46. The van der Waals surface area contributed by atoms with Crippen molar-refractivity contribution in [3.8, 4) is 0 Å². The maximum absolute atomic E-state index is 10.9. The Hall–Kier alpha value is -2.43. The van der Waals surface area contributed by atoms with Crippen molar-refractivity contribution in [1.82, 2.24) is 0 Å². The molecule has 2 aromatic rings. The van der Waals surface area contributed by atoms with Crippen LogP contribution in [0.25, 0.3) is 10.8 Å². The van der Waals surface area contributed by atoms with Crippen LogP contribution >= 0.6 is 0 Å². The zero-order chi connectivity index (χ0) is 12.4. The van der Waals surface area contributed by atoms with Crippen LogP contribution in [0.3, 0.4) is 0 Å². The standard InChI is InChI=1S/C12H10N2O3/c1-8(15)13-11-4-2-10-7-12(14(16)17)5-3-9(10)6-11/h2-7H,1H3,(H,13,15). The summed E-state index contributed by atoms with van der Waals surface area (Å²) < 4.78 is 0. The van der Waals surface area contributed by atoms with Crippen molar-refractivity contribution in [1.29, 1.82) is 0 Å². The number of nitro benzene ring substituents is 1. The van der Waals surface area contributed by atoms with Crippen LogP contribution in [-0.4, -0.2) is 10.8 Å². The fourth-order valence-electron chi connectivity index (χ4n) is 1.63. The Morgan fingerprint density at radius 3 is 2.47 bits per heavy atom. The van der Waals surface area contributed by atoms with E-state index >= 15 is 0 Å². The Morgan fingerprint density at radius 2 is 1.82 bits per heavy atom. The van der Waals surface area contributed by atoms with Gasteiger partial charge in [0.1, 0.15) is 0 Å². The van der Waals surface area contributed by atoms with E-state index in [-0.39, 0.29) is 11.6 Å². The first-order valence-corrected chi connectivity index (χ1v) is 5.02. The summed E-state index contributed by atoms with van der Waals surface area (Å²) in [5.41, 5.74) is 0.739. The number of carbonyl (C=O) groups excluding carboxylic acids is 1. The van der Waals surface area contributed by atoms with Gasteiger partial charge in [0, 0.05) is 24.7 Å². The number of hydrogen-bond donors (Lipinski definition) is 1. The van der Waals surface area contributed by atoms with E-state index in [1.54, 1.807) is 24.3 Å². The summed E-state index contributed by atoms with van der Waals surface area (Å²) in [6.07, 6.45) is 0. The number of nitrogens with zero attached hydrogens (tertiary/aromatic N) is 1. The Bertz CT molecular complexity index is 608. The topological polar surface area (TPSA) is 72.2 Å². The summed E-state index contributed by atoms with van der Waals surface area (Å²) in [6, 6.07) is 9.85. The zero-order valence-electron chi connectivity index (χ0n) is 9.14. The summed E-state index contributed by atoms with van der Waals surface area (Å²) in [4.78, 5) is 21.1. The number of amides is 1. The van der Waals surface area contributed by atoms with Crippen molar-refractivity contribution in [3.63, 3.8) is 0 Å². The molecule has 0 fully saturated rings. The van der Waals surface area contributed by atoms with E-state index in [2.05, 4.69) is 5.32 Å². The molecular formula is C12H10N2O3. The summed E-state index contributed by atoms with van der Waals surface area (Å²) in [6.45, 7) is 1.43. The van der Waals surface area contributed by atoms with Crippen LogP contribution in [0.1, 0.15) is 6.92 Å². The predicted molar refractivity (Wildman–Crippen MR) is 64.9 cm³/mol. The second-order valence-corrected chi connectivity index (χ2v) is 3.68. The van der Waals surface area contributed by atoms with Gasteiger partial charge in [0.25, 0.3) is 5.69 Å². The van der Waals surface area contributed by atoms with Crippen molar-refractivity contribution < 1.29 is 9.72 Å². The maximum Gasteiger partial charge on any atom is 0.270 e. The monoisotopic (exact) mass is 230 g/mol. The van der Waals surface area contributed by atoms with Gasteiger partial charge in [-0.1, -0.05) is 6.07 Å². The van der Waals surface area contributed by atoms with Crippen molar-refractivity contribution in [2.45, 2.75) is 6.92 Å². The minimum absolute atomic E-state index is 0.0600. The summed E-state index contributed by atoms with van der Waals surface area (Å²) in [7, 11) is 0. The number of anilines is 1. The lowest BCUT2D eigenvalue weighted by Gasteiger charge is -2.03. The molecule has 0 spiro atoms. The molecule has 17 heavy (non-hydrogen) atoms. The second kappa shape index (κ2) is 4.21. The number of nitrogens with one attached hydrogen (secondary N) is 1. The first kappa shape index (κ1) is 11.1. The molecule has 1 amide bonds. The number of non-ortho nitro benzene ring substituents is 1. The van der Waals surface area contributed by atoms with E-state index in [9.17, 15) is 14.9 Å². The first-order valence-electron chi connectivity index (χ1n) is 5.02. The Labute approximate surface area is 97.2 Å². The number of fused-ring (bicyclic) bond motifs is 1. The van der Waals surface area contributed by atoms with E-state index < -0.39 is 4.92 Å². The average molecular weight is 230 g/mol. The van der Waals surface area contributed by atoms with Crippen molar-refractivity contribution >= 4 is 28.1 Å². The number of carbonyl (C=O) groups is 1. The molecule has 0 saturated carbocycles. The number of benzene rings is 2. The van der Waals surface area contributed by atoms with Crippen molar-refractivity contribution in [3.05, 3.63) is 46.5 Å². The molecule has 0 unspecified atom stereocenters. The van der Waals surface area contributed by atoms with Gasteiger partial charge in [-0.05, 0) is 29.0 Å². The third-order valence-electron chi connectivity index (χ3n) is 2.36. The van der Waals surface area contributed by atoms with E-state index in [0.29, 0.717) is 5.69 Å². The van der Waals surface area contributed by atoms with E-state index in [0.717, 1.165) is 10.8 Å². The fraction of sp³-hybridized carbons (Fsp3) is 0.0833. The minimum Gasteiger partial charge on any atom is -0.326 e. The average Bonchev–Trinajstić information content (AvgIpc) is 2.27. The predicted octanol–water partition coefficient (Wildman–Crippen LogP) is 2.71. The zero-order valence-corrected chi connectivity index (χ0v) is 9.14. The molecule has 0 bridgehead atoms. The molecular weight excluding hydrogens is 220 g/mol. The highest BCUT2D eigenvalue weighted by Gasteiger charge is 2.06. The molecule has 0 aliphatic rings. The molecule has 0 aliphatic heterocycles. The van der Waals surface area contributed by atoms with Gasteiger partial charge in [-0.2, -0.15) is 0 Å². The normalized spacial score (nSPS) is 10.2.